The van der Waals surface area contributed by atoms with Crippen LogP contribution in [0.1, 0.15) is 60.3 Å². The van der Waals surface area contributed by atoms with Gasteiger partial charge in [0.1, 0.15) is 0 Å². The van der Waals surface area contributed by atoms with Crippen molar-refractivity contribution in [3.63, 3.8) is 0 Å². The Balaban J connectivity index is 2.56. The van der Waals surface area contributed by atoms with E-state index in [-0.39, 0.29) is 12.2 Å². The molecule has 3 unspecified atom stereocenters. The Labute approximate surface area is 149 Å². The van der Waals surface area contributed by atoms with Gasteiger partial charge in [-0.25, -0.2) is 0 Å². The molecule has 0 bridgehead atoms. The molecule has 1 N–H and O–H groups in total. The van der Waals surface area contributed by atoms with E-state index in [2.05, 4.69) is 13.8 Å². The summed E-state index contributed by atoms with van der Waals surface area (Å²) in [5, 5.41) is 10.2. The Bertz CT molecular complexity index is 310. The van der Waals surface area contributed by atoms with Gasteiger partial charge >= 0.3 is 8.80 Å². The molecule has 144 valence electrons. The third-order valence-corrected chi connectivity index (χ3v) is 7.55. The maximum Gasteiger partial charge on any atom is 0.500 e. The maximum atomic E-state index is 10.2. The number of hydrogen-bond donors (Lipinski definition) is 1. The summed E-state index contributed by atoms with van der Waals surface area (Å²) >= 11 is 0. The molecule has 0 saturated heterocycles. The standard InChI is InChI=1S/C18H38O5Si/c1-6-21-24(22-7-2,23-8-3)12-11-16-9-10-17(19)18(13-16)20-14-15(4)5/h15-19H,6-14H2,1-5H3. The second kappa shape index (κ2) is 11.6. The van der Waals surface area contributed by atoms with E-state index in [1.165, 1.54) is 0 Å². The van der Waals surface area contributed by atoms with Crippen molar-refractivity contribution in [2.24, 2.45) is 11.8 Å². The molecule has 6 heteroatoms. The van der Waals surface area contributed by atoms with Gasteiger partial charge in [0.15, 0.2) is 0 Å². The molecule has 0 aromatic carbocycles. The van der Waals surface area contributed by atoms with E-state index in [0.717, 1.165) is 31.7 Å². The zero-order valence-electron chi connectivity index (χ0n) is 16.3. The van der Waals surface area contributed by atoms with Gasteiger partial charge in [-0.3, -0.25) is 0 Å². The SMILES string of the molecule is CCO[Si](CCC1CCC(O)C(OCC(C)C)C1)(OCC)OCC. The normalized spacial score (nSPS) is 25.4. The summed E-state index contributed by atoms with van der Waals surface area (Å²) in [7, 11) is -2.56. The van der Waals surface area contributed by atoms with Crippen molar-refractivity contribution in [2.75, 3.05) is 26.4 Å². The molecule has 5 nitrogen and oxygen atoms in total. The molecule has 24 heavy (non-hydrogen) atoms. The van der Waals surface area contributed by atoms with Crippen LogP contribution in [0.2, 0.25) is 6.04 Å². The van der Waals surface area contributed by atoms with E-state index in [1.54, 1.807) is 0 Å². The summed E-state index contributed by atoms with van der Waals surface area (Å²) in [6.07, 6.45) is 3.43. The average Bonchev–Trinajstić information content (AvgIpc) is 2.53. The Morgan fingerprint density at radius 3 is 2.08 bits per heavy atom. The van der Waals surface area contributed by atoms with Gasteiger partial charge in [-0.2, -0.15) is 0 Å². The lowest BCUT2D eigenvalue weighted by Gasteiger charge is -2.35. The fourth-order valence-corrected chi connectivity index (χ4v) is 6.10. The summed E-state index contributed by atoms with van der Waals surface area (Å²) in [4.78, 5) is 0. The summed E-state index contributed by atoms with van der Waals surface area (Å²) in [5.74, 6) is 1.03. The van der Waals surface area contributed by atoms with Gasteiger partial charge in [0, 0.05) is 32.5 Å². The molecule has 1 saturated carbocycles. The number of aliphatic hydroxyl groups is 1. The molecule has 0 aromatic rings. The molecule has 1 rings (SSSR count). The number of rotatable bonds is 12. The van der Waals surface area contributed by atoms with E-state index in [4.69, 9.17) is 18.0 Å². The van der Waals surface area contributed by atoms with Gasteiger partial charge in [0.25, 0.3) is 0 Å². The topological polar surface area (TPSA) is 57.2 Å². The molecule has 0 amide bonds. The van der Waals surface area contributed by atoms with Crippen LogP contribution in [0.5, 0.6) is 0 Å². The van der Waals surface area contributed by atoms with E-state index < -0.39 is 8.80 Å². The van der Waals surface area contributed by atoms with Crippen LogP contribution in [0.15, 0.2) is 0 Å². The van der Waals surface area contributed by atoms with E-state index in [9.17, 15) is 5.11 Å². The van der Waals surface area contributed by atoms with Crippen LogP contribution < -0.4 is 0 Å². The maximum absolute atomic E-state index is 10.2. The summed E-state index contributed by atoms with van der Waals surface area (Å²) in [6.45, 7) is 12.8. The highest BCUT2D eigenvalue weighted by atomic mass is 28.4. The number of hydrogen-bond acceptors (Lipinski definition) is 5. The van der Waals surface area contributed by atoms with Gasteiger partial charge in [-0.1, -0.05) is 13.8 Å². The van der Waals surface area contributed by atoms with Crippen LogP contribution in [0.4, 0.5) is 0 Å². The molecule has 0 heterocycles. The quantitative estimate of drug-likeness (QED) is 0.537. The summed E-state index contributed by atoms with van der Waals surface area (Å²) in [5.41, 5.74) is 0. The fraction of sp³-hybridized carbons (Fsp3) is 1.00. The van der Waals surface area contributed by atoms with Crippen LogP contribution >= 0.6 is 0 Å². The molecule has 1 fully saturated rings. The molecule has 0 radical (unpaired) electrons. The lowest BCUT2D eigenvalue weighted by Crippen LogP contribution is -2.46. The van der Waals surface area contributed by atoms with Crippen molar-refractivity contribution in [1.29, 1.82) is 0 Å². The zero-order valence-corrected chi connectivity index (χ0v) is 17.3. The van der Waals surface area contributed by atoms with Crippen molar-refractivity contribution < 1.29 is 23.1 Å². The Kier molecular flexibility index (Phi) is 10.7. The van der Waals surface area contributed by atoms with Crippen molar-refractivity contribution in [2.45, 2.75) is 78.6 Å². The largest absolute Gasteiger partial charge is 0.500 e. The zero-order chi connectivity index (χ0) is 18.0. The molecule has 1 aliphatic carbocycles. The van der Waals surface area contributed by atoms with E-state index in [0.29, 0.717) is 38.3 Å². The highest BCUT2D eigenvalue weighted by Crippen LogP contribution is 2.33. The molecule has 0 aromatic heterocycles. The van der Waals surface area contributed by atoms with Crippen molar-refractivity contribution in [3.8, 4) is 0 Å². The fourth-order valence-electron chi connectivity index (χ4n) is 3.34. The second-order valence-electron chi connectivity index (χ2n) is 7.03. The minimum Gasteiger partial charge on any atom is -0.390 e. The smallest absolute Gasteiger partial charge is 0.390 e. The van der Waals surface area contributed by atoms with Gasteiger partial charge in [-0.05, 0) is 58.3 Å². The van der Waals surface area contributed by atoms with Crippen molar-refractivity contribution in [3.05, 3.63) is 0 Å². The first-order valence-electron chi connectivity index (χ1n) is 9.67. The minimum atomic E-state index is -2.56. The van der Waals surface area contributed by atoms with Gasteiger partial charge in [-0.15, -0.1) is 0 Å². The lowest BCUT2D eigenvalue weighted by atomic mass is 9.84. The van der Waals surface area contributed by atoms with Crippen LogP contribution in [-0.4, -0.2) is 52.5 Å². The van der Waals surface area contributed by atoms with Crippen molar-refractivity contribution >= 4 is 8.80 Å². The Morgan fingerprint density at radius 2 is 1.58 bits per heavy atom. The van der Waals surface area contributed by atoms with Gasteiger partial charge < -0.3 is 23.1 Å². The molecule has 3 atom stereocenters. The first kappa shape index (κ1) is 22.1. The molecule has 1 aliphatic rings. The Morgan fingerprint density at radius 1 is 1.00 bits per heavy atom. The predicted octanol–water partition coefficient (Wildman–Crippen LogP) is 3.63. The average molecular weight is 363 g/mol. The number of ether oxygens (including phenoxy) is 1. The predicted molar refractivity (Wildman–Crippen MR) is 98.0 cm³/mol. The third-order valence-electron chi connectivity index (χ3n) is 4.46. The monoisotopic (exact) mass is 362 g/mol. The summed E-state index contributed by atoms with van der Waals surface area (Å²) < 4.78 is 23.8. The van der Waals surface area contributed by atoms with E-state index >= 15 is 0 Å². The van der Waals surface area contributed by atoms with Crippen LogP contribution in [0.25, 0.3) is 0 Å². The lowest BCUT2D eigenvalue weighted by molar-refractivity contribution is -0.0788. The van der Waals surface area contributed by atoms with Crippen LogP contribution in [0, 0.1) is 11.8 Å². The first-order valence-corrected chi connectivity index (χ1v) is 11.6. The van der Waals surface area contributed by atoms with E-state index in [1.807, 2.05) is 20.8 Å². The minimum absolute atomic E-state index is 0.0338. The highest BCUT2D eigenvalue weighted by molar-refractivity contribution is 6.60. The summed E-state index contributed by atoms with van der Waals surface area (Å²) in [6, 6.07) is 0.847. The molecular formula is C18H38O5Si. The Hall–Kier alpha value is 0.0169. The first-order chi connectivity index (χ1) is 11.5. The van der Waals surface area contributed by atoms with Crippen LogP contribution in [-0.2, 0) is 18.0 Å². The highest BCUT2D eigenvalue weighted by Gasteiger charge is 2.41. The molecule has 0 aliphatic heterocycles. The van der Waals surface area contributed by atoms with Crippen molar-refractivity contribution in [1.82, 2.24) is 0 Å². The van der Waals surface area contributed by atoms with Crippen LogP contribution in [0.3, 0.4) is 0 Å². The molecular weight excluding hydrogens is 324 g/mol. The van der Waals surface area contributed by atoms with Gasteiger partial charge in [0.2, 0.25) is 0 Å². The number of aliphatic hydroxyl groups excluding tert-OH is 1. The van der Waals surface area contributed by atoms with Gasteiger partial charge in [0.05, 0.1) is 12.2 Å². The second-order valence-corrected chi connectivity index (χ2v) is 9.76. The third kappa shape index (κ3) is 7.50. The molecule has 0 spiro atoms.